The van der Waals surface area contributed by atoms with Crippen molar-refractivity contribution in [1.82, 2.24) is 10.6 Å². The molecule has 0 unspecified atom stereocenters. The van der Waals surface area contributed by atoms with Crippen molar-refractivity contribution in [3.63, 3.8) is 0 Å². The minimum Gasteiger partial charge on any atom is -0.440 e. The number of nitrogens with one attached hydrogen (secondary N) is 2. The summed E-state index contributed by atoms with van der Waals surface area (Å²) >= 11 is 0. The number of rotatable bonds is 5. The molecule has 0 radical (unpaired) electrons. The first-order valence-electron chi connectivity index (χ1n) is 5.13. The fraction of sp³-hybridized carbons (Fsp3) is 0.778. The van der Waals surface area contributed by atoms with Crippen molar-refractivity contribution >= 4 is 12.0 Å². The van der Waals surface area contributed by atoms with Gasteiger partial charge in [0.25, 0.3) is 0 Å². The molecule has 1 aliphatic rings. The molecule has 0 bridgehead atoms. The number of ether oxygens (including phenoxy) is 1. The monoisotopic (exact) mass is 254 g/mol. The third-order valence-electron chi connectivity index (χ3n) is 1.93. The molecule has 0 aliphatic heterocycles. The van der Waals surface area contributed by atoms with Crippen molar-refractivity contribution in [3.05, 3.63) is 0 Å². The maximum atomic E-state index is 11.6. The van der Waals surface area contributed by atoms with E-state index >= 15 is 0 Å². The molecule has 1 fully saturated rings. The minimum absolute atomic E-state index is 0.0254. The van der Waals surface area contributed by atoms with E-state index in [1.165, 1.54) is 0 Å². The van der Waals surface area contributed by atoms with E-state index in [-0.39, 0.29) is 24.9 Å². The van der Waals surface area contributed by atoms with Gasteiger partial charge in [-0.1, -0.05) is 0 Å². The molecule has 0 aromatic rings. The molecule has 1 aliphatic carbocycles. The van der Waals surface area contributed by atoms with Crippen LogP contribution in [0.25, 0.3) is 0 Å². The Morgan fingerprint density at radius 3 is 2.47 bits per heavy atom. The van der Waals surface area contributed by atoms with Crippen LogP contribution in [0.3, 0.4) is 0 Å². The Bertz CT molecular complexity index is 290. The molecule has 1 saturated carbocycles. The van der Waals surface area contributed by atoms with E-state index in [2.05, 4.69) is 15.4 Å². The topological polar surface area (TPSA) is 67.4 Å². The first-order valence-corrected chi connectivity index (χ1v) is 5.13. The molecule has 0 atom stereocenters. The predicted molar refractivity (Wildman–Crippen MR) is 51.2 cm³/mol. The van der Waals surface area contributed by atoms with Gasteiger partial charge in [0.2, 0.25) is 5.91 Å². The molecule has 8 heteroatoms. The highest BCUT2D eigenvalue weighted by Crippen LogP contribution is 2.18. The summed E-state index contributed by atoms with van der Waals surface area (Å²) in [6.45, 7) is -1.68. The second-order valence-electron chi connectivity index (χ2n) is 3.71. The van der Waals surface area contributed by atoms with E-state index < -0.39 is 18.9 Å². The molecule has 0 aromatic heterocycles. The lowest BCUT2D eigenvalue weighted by atomic mass is 10.4. The van der Waals surface area contributed by atoms with Crippen molar-refractivity contribution in [2.45, 2.75) is 31.5 Å². The molecule has 5 nitrogen and oxygen atoms in total. The van der Waals surface area contributed by atoms with Crippen LogP contribution in [0.1, 0.15) is 19.3 Å². The summed E-state index contributed by atoms with van der Waals surface area (Å²) in [5.41, 5.74) is 0. The van der Waals surface area contributed by atoms with Crippen LogP contribution in [-0.4, -0.2) is 37.4 Å². The zero-order valence-corrected chi connectivity index (χ0v) is 8.97. The number of alkyl carbamates (subject to hydrolysis) is 1. The number of hydrogen-bond donors (Lipinski definition) is 2. The molecule has 2 N–H and O–H groups in total. The van der Waals surface area contributed by atoms with Crippen molar-refractivity contribution < 1.29 is 27.5 Å². The maximum absolute atomic E-state index is 11.6. The fourth-order valence-electron chi connectivity index (χ4n) is 1.00. The van der Waals surface area contributed by atoms with E-state index in [1.54, 1.807) is 0 Å². The SMILES string of the molecule is O=C(CCNC(=O)OCC(F)(F)F)NC1CC1. The molecule has 0 heterocycles. The van der Waals surface area contributed by atoms with E-state index in [1.807, 2.05) is 0 Å². The quantitative estimate of drug-likeness (QED) is 0.767. The van der Waals surface area contributed by atoms with Crippen molar-refractivity contribution in [3.8, 4) is 0 Å². The Kier molecular flexibility index (Phi) is 4.59. The lowest BCUT2D eigenvalue weighted by Gasteiger charge is -2.09. The number of hydrogen-bond acceptors (Lipinski definition) is 3. The van der Waals surface area contributed by atoms with Gasteiger partial charge in [0, 0.05) is 19.0 Å². The molecule has 1 rings (SSSR count). The van der Waals surface area contributed by atoms with E-state index in [0.29, 0.717) is 0 Å². The summed E-state index contributed by atoms with van der Waals surface area (Å²) in [6, 6.07) is 0.222. The van der Waals surface area contributed by atoms with Crippen LogP contribution in [0.4, 0.5) is 18.0 Å². The zero-order valence-electron chi connectivity index (χ0n) is 8.97. The number of carbonyl (C=O) groups excluding carboxylic acids is 2. The second-order valence-corrected chi connectivity index (χ2v) is 3.71. The minimum atomic E-state index is -4.54. The summed E-state index contributed by atoms with van der Waals surface area (Å²) in [4.78, 5) is 21.8. The van der Waals surface area contributed by atoms with Gasteiger partial charge in [-0.2, -0.15) is 13.2 Å². The van der Waals surface area contributed by atoms with Crippen molar-refractivity contribution in [2.24, 2.45) is 0 Å². The first kappa shape index (κ1) is 13.6. The summed E-state index contributed by atoms with van der Waals surface area (Å²) in [5.74, 6) is -0.233. The van der Waals surface area contributed by atoms with Crippen LogP contribution in [-0.2, 0) is 9.53 Å². The highest BCUT2D eigenvalue weighted by atomic mass is 19.4. The predicted octanol–water partition coefficient (Wildman–Crippen LogP) is 0.944. The summed E-state index contributed by atoms with van der Waals surface area (Å²) in [7, 11) is 0. The van der Waals surface area contributed by atoms with Crippen LogP contribution >= 0.6 is 0 Å². The molecule has 2 amide bonds. The molecule has 0 aromatic carbocycles. The Hall–Kier alpha value is -1.47. The number of amides is 2. The average molecular weight is 254 g/mol. The number of carbonyl (C=O) groups is 2. The lowest BCUT2D eigenvalue weighted by molar-refractivity contribution is -0.160. The van der Waals surface area contributed by atoms with Crippen molar-refractivity contribution in [1.29, 1.82) is 0 Å². The van der Waals surface area contributed by atoms with Gasteiger partial charge in [-0.15, -0.1) is 0 Å². The van der Waals surface area contributed by atoms with Gasteiger partial charge in [-0.25, -0.2) is 4.79 Å². The molecule has 0 saturated heterocycles. The second kappa shape index (κ2) is 5.74. The maximum Gasteiger partial charge on any atom is 0.422 e. The molecular formula is C9H13F3N2O3. The third-order valence-corrected chi connectivity index (χ3v) is 1.93. The van der Waals surface area contributed by atoms with Crippen LogP contribution in [0.5, 0.6) is 0 Å². The van der Waals surface area contributed by atoms with E-state index in [4.69, 9.17) is 0 Å². The molecular weight excluding hydrogens is 241 g/mol. The van der Waals surface area contributed by atoms with Gasteiger partial charge in [0.1, 0.15) is 0 Å². The Morgan fingerprint density at radius 2 is 1.94 bits per heavy atom. The largest absolute Gasteiger partial charge is 0.440 e. The summed E-state index contributed by atoms with van der Waals surface area (Å²) < 4.78 is 38.8. The van der Waals surface area contributed by atoms with Gasteiger partial charge in [-0.05, 0) is 12.8 Å². The van der Waals surface area contributed by atoms with Crippen LogP contribution < -0.4 is 10.6 Å². The first-order chi connectivity index (χ1) is 7.87. The Balaban J connectivity index is 2.01. The van der Waals surface area contributed by atoms with Crippen LogP contribution in [0.15, 0.2) is 0 Å². The molecule has 0 spiro atoms. The highest BCUT2D eigenvalue weighted by molar-refractivity contribution is 5.77. The van der Waals surface area contributed by atoms with Gasteiger partial charge in [-0.3, -0.25) is 4.79 Å². The molecule has 17 heavy (non-hydrogen) atoms. The zero-order chi connectivity index (χ0) is 12.9. The van der Waals surface area contributed by atoms with Crippen LogP contribution in [0, 0.1) is 0 Å². The fourth-order valence-corrected chi connectivity index (χ4v) is 1.00. The number of halogens is 3. The molecule has 98 valence electrons. The summed E-state index contributed by atoms with van der Waals surface area (Å²) in [6.07, 6.45) is -3.79. The highest BCUT2D eigenvalue weighted by Gasteiger charge is 2.29. The van der Waals surface area contributed by atoms with Crippen LogP contribution in [0.2, 0.25) is 0 Å². The smallest absolute Gasteiger partial charge is 0.422 e. The van der Waals surface area contributed by atoms with E-state index in [0.717, 1.165) is 12.8 Å². The Morgan fingerprint density at radius 1 is 1.29 bits per heavy atom. The summed E-state index contributed by atoms with van der Waals surface area (Å²) in [5, 5.41) is 4.73. The van der Waals surface area contributed by atoms with Gasteiger partial charge in [0.05, 0.1) is 0 Å². The number of alkyl halides is 3. The average Bonchev–Trinajstić information content (AvgIpc) is 2.97. The Labute approximate surface area is 95.7 Å². The van der Waals surface area contributed by atoms with Gasteiger partial charge < -0.3 is 15.4 Å². The normalized spacial score (nSPS) is 15.2. The van der Waals surface area contributed by atoms with Crippen molar-refractivity contribution in [2.75, 3.05) is 13.2 Å². The lowest BCUT2D eigenvalue weighted by Crippen LogP contribution is -2.33. The van der Waals surface area contributed by atoms with E-state index in [9.17, 15) is 22.8 Å². The van der Waals surface area contributed by atoms with Gasteiger partial charge in [0.15, 0.2) is 6.61 Å². The standard InChI is InChI=1S/C9H13F3N2O3/c10-9(11,12)5-17-8(16)13-4-3-7(15)14-6-1-2-6/h6H,1-5H2,(H,13,16)(H,14,15). The third kappa shape index (κ3) is 7.42. The van der Waals surface area contributed by atoms with Gasteiger partial charge >= 0.3 is 12.3 Å².